The van der Waals surface area contributed by atoms with E-state index in [-0.39, 0.29) is 12.0 Å². The molecule has 14 heavy (non-hydrogen) atoms. The summed E-state index contributed by atoms with van der Waals surface area (Å²) in [6.07, 6.45) is 3.66. The Kier molecular flexibility index (Phi) is 4.85. The van der Waals surface area contributed by atoms with Crippen molar-refractivity contribution < 1.29 is 9.84 Å². The molecule has 0 saturated carbocycles. The molecule has 1 fully saturated rings. The molecule has 0 spiro atoms. The summed E-state index contributed by atoms with van der Waals surface area (Å²) in [6.45, 7) is 7.45. The van der Waals surface area contributed by atoms with E-state index in [2.05, 4.69) is 19.2 Å². The molecule has 1 rings (SSSR count). The largest absolute Gasteiger partial charge is 0.396 e. The Morgan fingerprint density at radius 3 is 2.86 bits per heavy atom. The van der Waals surface area contributed by atoms with Gasteiger partial charge in [0.25, 0.3) is 0 Å². The van der Waals surface area contributed by atoms with Crippen LogP contribution in [-0.4, -0.2) is 37.5 Å². The summed E-state index contributed by atoms with van der Waals surface area (Å²) < 4.78 is 5.52. The fourth-order valence-corrected chi connectivity index (χ4v) is 1.77. The number of aliphatic hydroxyl groups excluding tert-OH is 1. The van der Waals surface area contributed by atoms with Gasteiger partial charge in [0.05, 0.1) is 6.10 Å². The van der Waals surface area contributed by atoms with Gasteiger partial charge in [-0.05, 0) is 24.7 Å². The van der Waals surface area contributed by atoms with Gasteiger partial charge in [-0.15, -0.1) is 0 Å². The molecule has 1 aliphatic heterocycles. The second kappa shape index (κ2) is 5.69. The van der Waals surface area contributed by atoms with Gasteiger partial charge in [-0.3, -0.25) is 0 Å². The highest BCUT2D eigenvalue weighted by Gasteiger charge is 2.19. The maximum Gasteiger partial charge on any atom is 0.0700 e. The molecule has 3 heteroatoms. The van der Waals surface area contributed by atoms with E-state index in [1.165, 1.54) is 12.8 Å². The third-order valence-corrected chi connectivity index (χ3v) is 2.79. The highest BCUT2D eigenvalue weighted by Crippen LogP contribution is 2.18. The van der Waals surface area contributed by atoms with E-state index in [4.69, 9.17) is 9.84 Å². The van der Waals surface area contributed by atoms with E-state index in [1.54, 1.807) is 0 Å². The van der Waals surface area contributed by atoms with Crippen LogP contribution in [0.3, 0.4) is 0 Å². The molecular formula is C11H23NO2. The highest BCUT2D eigenvalue weighted by atomic mass is 16.5. The van der Waals surface area contributed by atoms with Crippen LogP contribution in [0.5, 0.6) is 0 Å². The molecule has 2 N–H and O–H groups in total. The smallest absolute Gasteiger partial charge is 0.0700 e. The number of hydrogen-bond donors (Lipinski definition) is 2. The quantitative estimate of drug-likeness (QED) is 0.677. The molecule has 0 aromatic rings. The van der Waals surface area contributed by atoms with Crippen molar-refractivity contribution in [1.29, 1.82) is 0 Å². The number of ether oxygens (including phenoxy) is 1. The van der Waals surface area contributed by atoms with E-state index in [1.807, 2.05) is 0 Å². The van der Waals surface area contributed by atoms with Crippen molar-refractivity contribution in [1.82, 2.24) is 5.32 Å². The summed E-state index contributed by atoms with van der Waals surface area (Å²) in [6, 6.07) is 0. The molecule has 0 aromatic carbocycles. The van der Waals surface area contributed by atoms with Crippen LogP contribution in [0.2, 0.25) is 0 Å². The lowest BCUT2D eigenvalue weighted by Gasteiger charge is -2.24. The first-order valence-electron chi connectivity index (χ1n) is 5.57. The zero-order valence-electron chi connectivity index (χ0n) is 9.38. The minimum atomic E-state index is 0.188. The number of hydrogen-bond acceptors (Lipinski definition) is 3. The maximum atomic E-state index is 8.86. The predicted molar refractivity (Wildman–Crippen MR) is 57.3 cm³/mol. The summed E-state index contributed by atoms with van der Waals surface area (Å²) in [7, 11) is 0. The van der Waals surface area contributed by atoms with Crippen molar-refractivity contribution in [3.8, 4) is 0 Å². The first-order valence-corrected chi connectivity index (χ1v) is 5.57. The minimum Gasteiger partial charge on any atom is -0.396 e. The van der Waals surface area contributed by atoms with Gasteiger partial charge >= 0.3 is 0 Å². The van der Waals surface area contributed by atoms with Gasteiger partial charge in [0.15, 0.2) is 0 Å². The average molecular weight is 201 g/mol. The van der Waals surface area contributed by atoms with Gasteiger partial charge in [-0.1, -0.05) is 13.8 Å². The Balaban J connectivity index is 2.07. The lowest BCUT2D eigenvalue weighted by molar-refractivity contribution is 0.106. The molecule has 1 saturated heterocycles. The van der Waals surface area contributed by atoms with Crippen molar-refractivity contribution >= 4 is 0 Å². The minimum absolute atomic E-state index is 0.188. The number of nitrogens with one attached hydrogen (secondary N) is 1. The van der Waals surface area contributed by atoms with Gasteiger partial charge in [-0.2, -0.15) is 0 Å². The second-order valence-electron chi connectivity index (χ2n) is 4.90. The van der Waals surface area contributed by atoms with Gasteiger partial charge in [0.2, 0.25) is 0 Å². The predicted octanol–water partition coefficient (Wildman–Crippen LogP) is 1.16. The average Bonchev–Trinajstić information content (AvgIpc) is 2.56. The van der Waals surface area contributed by atoms with Crippen LogP contribution in [-0.2, 0) is 4.74 Å². The monoisotopic (exact) mass is 201 g/mol. The van der Waals surface area contributed by atoms with E-state index in [0.717, 1.165) is 26.1 Å². The number of rotatable bonds is 6. The SMILES string of the molecule is CC(C)(CCO)CNCC1CCCO1. The van der Waals surface area contributed by atoms with E-state index >= 15 is 0 Å². The molecule has 1 unspecified atom stereocenters. The van der Waals surface area contributed by atoms with Crippen molar-refractivity contribution in [2.45, 2.75) is 39.2 Å². The summed E-state index contributed by atoms with van der Waals surface area (Å²) >= 11 is 0. The van der Waals surface area contributed by atoms with Gasteiger partial charge < -0.3 is 15.2 Å². The van der Waals surface area contributed by atoms with Gasteiger partial charge in [0, 0.05) is 26.3 Å². The zero-order valence-corrected chi connectivity index (χ0v) is 9.38. The maximum absolute atomic E-state index is 8.86. The van der Waals surface area contributed by atoms with Crippen LogP contribution < -0.4 is 5.32 Å². The second-order valence-corrected chi connectivity index (χ2v) is 4.90. The Morgan fingerprint density at radius 1 is 1.50 bits per heavy atom. The lowest BCUT2D eigenvalue weighted by atomic mass is 9.90. The van der Waals surface area contributed by atoms with Crippen molar-refractivity contribution in [3.63, 3.8) is 0 Å². The normalized spacial score (nSPS) is 22.9. The first-order chi connectivity index (χ1) is 6.64. The molecule has 0 aromatic heterocycles. The molecule has 0 radical (unpaired) electrons. The van der Waals surface area contributed by atoms with Crippen molar-refractivity contribution in [3.05, 3.63) is 0 Å². The van der Waals surface area contributed by atoms with E-state index < -0.39 is 0 Å². The van der Waals surface area contributed by atoms with E-state index in [0.29, 0.717) is 6.10 Å². The lowest BCUT2D eigenvalue weighted by Crippen LogP contribution is -2.35. The molecule has 1 heterocycles. The van der Waals surface area contributed by atoms with Crippen LogP contribution in [0.4, 0.5) is 0 Å². The van der Waals surface area contributed by atoms with Crippen LogP contribution in [0, 0.1) is 5.41 Å². The summed E-state index contributed by atoms with van der Waals surface area (Å²) in [5.41, 5.74) is 0.188. The van der Waals surface area contributed by atoms with Crippen LogP contribution in [0.15, 0.2) is 0 Å². The third kappa shape index (κ3) is 4.40. The Bertz CT molecular complexity index is 153. The van der Waals surface area contributed by atoms with Gasteiger partial charge in [-0.25, -0.2) is 0 Å². The fourth-order valence-electron chi connectivity index (χ4n) is 1.77. The molecule has 0 amide bonds. The third-order valence-electron chi connectivity index (χ3n) is 2.79. The first kappa shape index (κ1) is 12.0. The van der Waals surface area contributed by atoms with Crippen molar-refractivity contribution in [2.75, 3.05) is 26.3 Å². The van der Waals surface area contributed by atoms with E-state index in [9.17, 15) is 0 Å². The Morgan fingerprint density at radius 2 is 2.29 bits per heavy atom. The standard InChI is InChI=1S/C11H23NO2/c1-11(2,5-6-13)9-12-8-10-4-3-7-14-10/h10,12-13H,3-9H2,1-2H3. The van der Waals surface area contributed by atoms with Crippen molar-refractivity contribution in [2.24, 2.45) is 5.41 Å². The highest BCUT2D eigenvalue weighted by molar-refractivity contribution is 4.74. The van der Waals surface area contributed by atoms with Crippen LogP contribution in [0.1, 0.15) is 33.1 Å². The van der Waals surface area contributed by atoms with Crippen LogP contribution in [0.25, 0.3) is 0 Å². The van der Waals surface area contributed by atoms with Crippen LogP contribution >= 0.6 is 0 Å². The zero-order chi connectivity index (χ0) is 10.4. The molecule has 0 bridgehead atoms. The molecule has 0 aliphatic carbocycles. The summed E-state index contributed by atoms with van der Waals surface area (Å²) in [5.74, 6) is 0. The summed E-state index contributed by atoms with van der Waals surface area (Å²) in [5, 5.41) is 12.3. The fraction of sp³-hybridized carbons (Fsp3) is 1.00. The molecular weight excluding hydrogens is 178 g/mol. The summed E-state index contributed by atoms with van der Waals surface area (Å²) in [4.78, 5) is 0. The molecule has 84 valence electrons. The molecule has 3 nitrogen and oxygen atoms in total. The van der Waals surface area contributed by atoms with Gasteiger partial charge in [0.1, 0.15) is 0 Å². The number of aliphatic hydroxyl groups is 1. The molecule has 1 atom stereocenters. The topological polar surface area (TPSA) is 41.5 Å². The Hall–Kier alpha value is -0.120. The molecule has 1 aliphatic rings. The Labute approximate surface area is 86.8 Å².